The van der Waals surface area contributed by atoms with Crippen LogP contribution in [-0.2, 0) is 20.7 Å². The lowest BCUT2D eigenvalue weighted by Crippen LogP contribution is -2.61. The molecule has 1 spiro atoms. The van der Waals surface area contributed by atoms with Crippen molar-refractivity contribution in [3.8, 4) is 5.75 Å². The normalized spacial score (nSPS) is 24.2. The van der Waals surface area contributed by atoms with E-state index in [0.29, 0.717) is 45.7 Å². The molecule has 3 rings (SSSR count). The van der Waals surface area contributed by atoms with E-state index < -0.39 is 5.60 Å². The quantitative estimate of drug-likeness (QED) is 0.799. The van der Waals surface area contributed by atoms with Crippen molar-refractivity contribution in [3.63, 3.8) is 0 Å². The Labute approximate surface area is 160 Å². The first kappa shape index (κ1) is 19.6. The van der Waals surface area contributed by atoms with Gasteiger partial charge in [0, 0.05) is 19.5 Å². The standard InChI is InChI=1S/C20H29N3O4/c21-10-8-18(24)23-12-14-27-20(15-23)9-4-3-6-16-5-1-2-7-17(16)26-13-11-22-19(20)25/h1-2,5,7H,3-4,6,8-15,21H2,(H,22,25). The van der Waals surface area contributed by atoms with Gasteiger partial charge in [0.05, 0.1) is 19.7 Å². The predicted octanol–water partition coefficient (Wildman–Crippen LogP) is 0.854. The van der Waals surface area contributed by atoms with Gasteiger partial charge in [0.15, 0.2) is 5.60 Å². The highest BCUT2D eigenvalue weighted by atomic mass is 16.5. The second-order valence-corrected chi connectivity index (χ2v) is 7.12. The van der Waals surface area contributed by atoms with Crippen molar-refractivity contribution >= 4 is 11.8 Å². The largest absolute Gasteiger partial charge is 0.491 e. The third kappa shape index (κ3) is 4.78. The molecule has 2 amide bonds. The van der Waals surface area contributed by atoms with Crippen LogP contribution in [0, 0.1) is 0 Å². The van der Waals surface area contributed by atoms with Gasteiger partial charge in [-0.05, 0) is 37.3 Å². The molecule has 0 aromatic heterocycles. The number of nitrogens with zero attached hydrogens (tertiary/aromatic N) is 1. The number of carbonyl (C=O) groups excluding carboxylic acids is 2. The molecule has 1 aromatic rings. The third-order valence-corrected chi connectivity index (χ3v) is 5.21. The van der Waals surface area contributed by atoms with Crippen LogP contribution >= 0.6 is 0 Å². The highest BCUT2D eigenvalue weighted by Gasteiger charge is 2.44. The zero-order chi connectivity index (χ0) is 19.1. The molecule has 2 heterocycles. The number of aryl methyl sites for hydroxylation is 1. The Morgan fingerprint density at radius 2 is 2.11 bits per heavy atom. The van der Waals surface area contributed by atoms with Gasteiger partial charge in [-0.3, -0.25) is 9.59 Å². The molecule has 3 N–H and O–H groups in total. The fourth-order valence-electron chi connectivity index (χ4n) is 3.74. The molecule has 1 atom stereocenters. The number of nitrogens with two attached hydrogens (primary N) is 1. The van der Waals surface area contributed by atoms with Gasteiger partial charge < -0.3 is 25.4 Å². The zero-order valence-electron chi connectivity index (χ0n) is 15.7. The highest BCUT2D eigenvalue weighted by molar-refractivity contribution is 5.87. The lowest BCUT2D eigenvalue weighted by atomic mass is 9.91. The molecule has 1 saturated heterocycles. The van der Waals surface area contributed by atoms with E-state index in [1.165, 1.54) is 5.56 Å². The Morgan fingerprint density at radius 1 is 1.26 bits per heavy atom. The average Bonchev–Trinajstić information content (AvgIpc) is 2.69. The maximum absolute atomic E-state index is 12.9. The van der Waals surface area contributed by atoms with Crippen LogP contribution in [0.4, 0.5) is 0 Å². The number of para-hydroxylation sites is 1. The summed E-state index contributed by atoms with van der Waals surface area (Å²) in [5.41, 5.74) is 5.71. The molecule has 2 aliphatic heterocycles. The number of benzene rings is 1. The van der Waals surface area contributed by atoms with Gasteiger partial charge in [0.1, 0.15) is 12.4 Å². The summed E-state index contributed by atoms with van der Waals surface area (Å²) < 4.78 is 11.8. The zero-order valence-corrected chi connectivity index (χ0v) is 15.7. The molecule has 1 unspecified atom stereocenters. The van der Waals surface area contributed by atoms with Crippen LogP contribution in [0.3, 0.4) is 0 Å². The number of nitrogens with one attached hydrogen (secondary N) is 1. The van der Waals surface area contributed by atoms with Crippen molar-refractivity contribution in [2.75, 3.05) is 39.4 Å². The van der Waals surface area contributed by atoms with E-state index in [2.05, 4.69) is 11.4 Å². The van der Waals surface area contributed by atoms with Crippen LogP contribution in [0.2, 0.25) is 0 Å². The van der Waals surface area contributed by atoms with E-state index in [1.54, 1.807) is 4.90 Å². The van der Waals surface area contributed by atoms with Crippen molar-refractivity contribution in [2.24, 2.45) is 5.73 Å². The minimum absolute atomic E-state index is 0.0173. The third-order valence-electron chi connectivity index (χ3n) is 5.21. The number of rotatable bonds is 2. The van der Waals surface area contributed by atoms with Crippen molar-refractivity contribution in [1.82, 2.24) is 10.2 Å². The number of hydrogen-bond acceptors (Lipinski definition) is 5. The van der Waals surface area contributed by atoms with Crippen molar-refractivity contribution in [3.05, 3.63) is 29.8 Å². The topological polar surface area (TPSA) is 93.9 Å². The molecule has 7 nitrogen and oxygen atoms in total. The van der Waals surface area contributed by atoms with Crippen LogP contribution < -0.4 is 15.8 Å². The molecule has 7 heteroatoms. The van der Waals surface area contributed by atoms with Crippen molar-refractivity contribution < 1.29 is 19.1 Å². The van der Waals surface area contributed by atoms with E-state index >= 15 is 0 Å². The van der Waals surface area contributed by atoms with Gasteiger partial charge >= 0.3 is 0 Å². The average molecular weight is 375 g/mol. The maximum atomic E-state index is 12.9. The van der Waals surface area contributed by atoms with Crippen molar-refractivity contribution in [2.45, 2.75) is 37.7 Å². The van der Waals surface area contributed by atoms with E-state index in [0.717, 1.165) is 25.0 Å². The summed E-state index contributed by atoms with van der Waals surface area (Å²) in [4.78, 5) is 26.9. The van der Waals surface area contributed by atoms with Gasteiger partial charge in [-0.1, -0.05) is 18.2 Å². The Balaban J connectivity index is 1.72. The molecule has 0 bridgehead atoms. The first-order valence-corrected chi connectivity index (χ1v) is 9.75. The maximum Gasteiger partial charge on any atom is 0.254 e. The lowest BCUT2D eigenvalue weighted by Gasteiger charge is -2.42. The number of carbonyl (C=O) groups is 2. The SMILES string of the molecule is NCCC(=O)N1CCOC2(CCCCc3ccccc3OCCNC2=O)C1. The van der Waals surface area contributed by atoms with E-state index in [4.69, 9.17) is 15.2 Å². The Bertz CT molecular complexity index is 666. The lowest BCUT2D eigenvalue weighted by molar-refractivity contribution is -0.167. The summed E-state index contributed by atoms with van der Waals surface area (Å²) in [5, 5.41) is 2.93. The summed E-state index contributed by atoms with van der Waals surface area (Å²) in [6.07, 6.45) is 3.54. The second-order valence-electron chi connectivity index (χ2n) is 7.12. The molecule has 0 radical (unpaired) electrons. The summed E-state index contributed by atoms with van der Waals surface area (Å²) >= 11 is 0. The monoisotopic (exact) mass is 375 g/mol. The van der Waals surface area contributed by atoms with Crippen LogP contribution in [0.1, 0.15) is 31.2 Å². The Hall–Kier alpha value is -2.12. The van der Waals surface area contributed by atoms with E-state index in [-0.39, 0.29) is 18.4 Å². The van der Waals surface area contributed by atoms with Crippen LogP contribution in [-0.4, -0.2) is 61.7 Å². The molecule has 1 aromatic carbocycles. The molecule has 0 aliphatic carbocycles. The van der Waals surface area contributed by atoms with Gasteiger partial charge in [0.2, 0.25) is 5.91 Å². The number of hydrogen-bond donors (Lipinski definition) is 2. The Morgan fingerprint density at radius 3 is 2.96 bits per heavy atom. The van der Waals surface area contributed by atoms with E-state index in [9.17, 15) is 9.59 Å². The van der Waals surface area contributed by atoms with Gasteiger partial charge in [-0.25, -0.2) is 0 Å². The fraction of sp³-hybridized carbons (Fsp3) is 0.600. The Kier molecular flexibility index (Phi) is 6.68. The highest BCUT2D eigenvalue weighted by Crippen LogP contribution is 2.27. The molecule has 148 valence electrons. The van der Waals surface area contributed by atoms with Gasteiger partial charge in [0.25, 0.3) is 5.91 Å². The minimum atomic E-state index is -0.985. The van der Waals surface area contributed by atoms with Crippen LogP contribution in [0.15, 0.2) is 24.3 Å². The fourth-order valence-corrected chi connectivity index (χ4v) is 3.74. The van der Waals surface area contributed by atoms with Gasteiger partial charge in [-0.2, -0.15) is 0 Å². The van der Waals surface area contributed by atoms with Crippen LogP contribution in [0.25, 0.3) is 0 Å². The smallest absolute Gasteiger partial charge is 0.254 e. The molecule has 27 heavy (non-hydrogen) atoms. The molecule has 2 aliphatic rings. The number of ether oxygens (including phenoxy) is 2. The minimum Gasteiger partial charge on any atom is -0.491 e. The summed E-state index contributed by atoms with van der Waals surface area (Å²) in [6, 6.07) is 8.03. The second kappa shape index (κ2) is 9.19. The number of morpholine rings is 1. The van der Waals surface area contributed by atoms with Gasteiger partial charge in [-0.15, -0.1) is 0 Å². The molecule has 0 saturated carbocycles. The first-order chi connectivity index (χ1) is 13.1. The first-order valence-electron chi connectivity index (χ1n) is 9.75. The summed E-state index contributed by atoms with van der Waals surface area (Å²) in [6.45, 7) is 2.26. The summed E-state index contributed by atoms with van der Waals surface area (Å²) in [7, 11) is 0. The molecule has 1 fully saturated rings. The van der Waals surface area contributed by atoms with E-state index in [1.807, 2.05) is 18.2 Å². The van der Waals surface area contributed by atoms with Crippen LogP contribution in [0.5, 0.6) is 5.75 Å². The van der Waals surface area contributed by atoms with Crippen molar-refractivity contribution in [1.29, 1.82) is 0 Å². The summed E-state index contributed by atoms with van der Waals surface area (Å²) in [5.74, 6) is 0.705. The molecular formula is C20H29N3O4. The molecular weight excluding hydrogens is 346 g/mol. The number of amides is 2. The number of fused-ring (bicyclic) bond motifs is 1. The predicted molar refractivity (Wildman–Crippen MR) is 101 cm³/mol.